The molecule has 0 aliphatic rings. The molecule has 2 rings (SSSR count). The molecule has 1 N–H and O–H groups in total. The van der Waals surface area contributed by atoms with E-state index in [4.69, 9.17) is 4.52 Å². The van der Waals surface area contributed by atoms with Crippen molar-refractivity contribution in [3.8, 4) is 6.07 Å². The smallest absolute Gasteiger partial charge is 0.360 e. The van der Waals surface area contributed by atoms with Gasteiger partial charge >= 0.3 is 6.18 Å². The summed E-state index contributed by atoms with van der Waals surface area (Å²) in [6.45, 7) is 4.76. The average Bonchev–Trinajstić information content (AvgIpc) is 2.95. The molecule has 1 amide bonds. The van der Waals surface area contributed by atoms with Crippen LogP contribution in [0.2, 0.25) is 0 Å². The molecule has 2 aromatic heterocycles. The zero-order valence-corrected chi connectivity index (χ0v) is 15.0. The number of amides is 1. The zero-order chi connectivity index (χ0) is 19.5. The lowest BCUT2D eigenvalue weighted by Gasteiger charge is -2.16. The van der Waals surface area contributed by atoms with Gasteiger partial charge in [0.25, 0.3) is 0 Å². The Bertz CT molecular complexity index is 858. The Labute approximate surface area is 151 Å². The molecule has 26 heavy (non-hydrogen) atoms. The van der Waals surface area contributed by atoms with Gasteiger partial charge in [-0.3, -0.25) is 4.79 Å². The summed E-state index contributed by atoms with van der Waals surface area (Å²) in [7, 11) is 0. The van der Waals surface area contributed by atoms with E-state index in [1.807, 2.05) is 0 Å². The van der Waals surface area contributed by atoms with E-state index >= 15 is 0 Å². The van der Waals surface area contributed by atoms with E-state index in [2.05, 4.69) is 15.5 Å². The van der Waals surface area contributed by atoms with Gasteiger partial charge in [0.1, 0.15) is 16.9 Å². The van der Waals surface area contributed by atoms with Gasteiger partial charge in [0.05, 0.1) is 16.4 Å². The van der Waals surface area contributed by atoms with Crippen molar-refractivity contribution in [2.45, 2.75) is 43.6 Å². The summed E-state index contributed by atoms with van der Waals surface area (Å²) < 4.78 is 44.4. The third-order valence-corrected chi connectivity index (χ3v) is 4.68. The molecule has 0 aliphatic carbocycles. The highest BCUT2D eigenvalue weighted by atomic mass is 32.2. The van der Waals surface area contributed by atoms with Gasteiger partial charge in [-0.05, 0) is 26.3 Å². The van der Waals surface area contributed by atoms with Gasteiger partial charge < -0.3 is 9.84 Å². The highest BCUT2D eigenvalue weighted by molar-refractivity contribution is 8.00. The number of thioether (sulfide) groups is 1. The minimum absolute atomic E-state index is 0.112. The predicted octanol–water partition coefficient (Wildman–Crippen LogP) is 4.09. The van der Waals surface area contributed by atoms with Crippen LogP contribution in [0.1, 0.15) is 35.9 Å². The Morgan fingerprint density at radius 2 is 2.12 bits per heavy atom. The molecule has 0 saturated heterocycles. The second-order valence-corrected chi connectivity index (χ2v) is 6.62. The molecule has 0 fully saturated rings. The van der Waals surface area contributed by atoms with E-state index in [0.29, 0.717) is 12.2 Å². The van der Waals surface area contributed by atoms with E-state index in [9.17, 15) is 23.2 Å². The number of carbonyl (C=O) groups is 1. The highest BCUT2D eigenvalue weighted by Crippen LogP contribution is 2.37. The number of nitrogens with one attached hydrogen (secondary N) is 1. The van der Waals surface area contributed by atoms with Gasteiger partial charge in [-0.2, -0.15) is 18.4 Å². The summed E-state index contributed by atoms with van der Waals surface area (Å²) in [4.78, 5) is 16.4. The lowest BCUT2D eigenvalue weighted by molar-refractivity contribution is -0.138. The summed E-state index contributed by atoms with van der Waals surface area (Å²) in [5, 5.41) is 14.5. The number of anilines is 1. The number of carbonyl (C=O) groups excluding carboxylic acids is 1. The largest absolute Gasteiger partial charge is 0.417 e. The SMILES string of the molecule is CC[C@@H](Sc1nc(C)cc(C(F)(F)F)c1C#N)C(=O)Nc1cc(C)on1. The van der Waals surface area contributed by atoms with Crippen LogP contribution in [-0.4, -0.2) is 21.3 Å². The van der Waals surface area contributed by atoms with E-state index < -0.39 is 28.5 Å². The average molecular weight is 384 g/mol. The number of nitriles is 1. The molecule has 0 unspecified atom stereocenters. The molecular weight excluding hydrogens is 369 g/mol. The molecule has 1 atom stereocenters. The molecule has 0 saturated carbocycles. The molecule has 0 radical (unpaired) electrons. The van der Waals surface area contributed by atoms with Crippen molar-refractivity contribution >= 4 is 23.5 Å². The molecule has 0 spiro atoms. The lowest BCUT2D eigenvalue weighted by Crippen LogP contribution is -2.25. The number of nitrogens with zero attached hydrogens (tertiary/aromatic N) is 3. The van der Waals surface area contributed by atoms with Crippen molar-refractivity contribution in [2.24, 2.45) is 0 Å². The first-order valence-electron chi connectivity index (χ1n) is 7.55. The van der Waals surface area contributed by atoms with Gasteiger partial charge in [0.15, 0.2) is 5.82 Å². The maximum atomic E-state index is 13.2. The minimum Gasteiger partial charge on any atom is -0.360 e. The summed E-state index contributed by atoms with van der Waals surface area (Å²) >= 11 is 0.814. The van der Waals surface area contributed by atoms with E-state index in [-0.39, 0.29) is 16.5 Å². The third-order valence-electron chi connectivity index (χ3n) is 3.33. The summed E-state index contributed by atoms with van der Waals surface area (Å²) in [6.07, 6.45) is -4.37. The molecule has 10 heteroatoms. The Hall–Kier alpha value is -2.54. The Kier molecular flexibility index (Phi) is 5.92. The molecule has 2 heterocycles. The van der Waals surface area contributed by atoms with Crippen LogP contribution in [-0.2, 0) is 11.0 Å². The Morgan fingerprint density at radius 3 is 2.62 bits per heavy atom. The number of alkyl halides is 3. The molecular formula is C16H15F3N4O2S. The summed E-state index contributed by atoms with van der Waals surface area (Å²) in [5.74, 6) is 0.245. The molecule has 0 aromatic carbocycles. The van der Waals surface area contributed by atoms with E-state index in [1.54, 1.807) is 19.9 Å². The third kappa shape index (κ3) is 4.54. The van der Waals surface area contributed by atoms with Gasteiger partial charge in [-0.25, -0.2) is 4.98 Å². The van der Waals surface area contributed by atoms with Crippen LogP contribution in [0.5, 0.6) is 0 Å². The van der Waals surface area contributed by atoms with Crippen LogP contribution in [0.3, 0.4) is 0 Å². The molecule has 0 aliphatic heterocycles. The Balaban J connectivity index is 2.31. The van der Waals surface area contributed by atoms with Crippen LogP contribution in [0, 0.1) is 25.2 Å². The lowest BCUT2D eigenvalue weighted by atomic mass is 10.1. The first kappa shape index (κ1) is 19.8. The van der Waals surface area contributed by atoms with Crippen molar-refractivity contribution in [1.29, 1.82) is 5.26 Å². The number of hydrogen-bond donors (Lipinski definition) is 1. The maximum Gasteiger partial charge on any atom is 0.417 e. The van der Waals surface area contributed by atoms with Crippen LogP contribution >= 0.6 is 11.8 Å². The number of aryl methyl sites for hydroxylation is 2. The fourth-order valence-corrected chi connectivity index (χ4v) is 3.22. The molecule has 138 valence electrons. The first-order chi connectivity index (χ1) is 12.2. The maximum absolute atomic E-state index is 13.2. The summed E-state index contributed by atoms with van der Waals surface area (Å²) in [5.41, 5.74) is -1.53. The van der Waals surface area contributed by atoms with Crippen molar-refractivity contribution in [3.05, 3.63) is 34.7 Å². The highest BCUT2D eigenvalue weighted by Gasteiger charge is 2.36. The molecule has 2 aromatic rings. The van der Waals surface area contributed by atoms with Gasteiger partial charge in [0, 0.05) is 11.8 Å². The fraction of sp³-hybridized carbons (Fsp3) is 0.375. The van der Waals surface area contributed by atoms with Crippen LogP contribution in [0.15, 0.2) is 21.7 Å². The van der Waals surface area contributed by atoms with Crippen molar-refractivity contribution in [2.75, 3.05) is 5.32 Å². The normalized spacial score (nSPS) is 12.5. The van der Waals surface area contributed by atoms with E-state index in [1.165, 1.54) is 13.0 Å². The quantitative estimate of drug-likeness (QED) is 0.781. The van der Waals surface area contributed by atoms with Crippen molar-refractivity contribution in [1.82, 2.24) is 10.1 Å². The Morgan fingerprint density at radius 1 is 1.42 bits per heavy atom. The molecule has 0 bridgehead atoms. The van der Waals surface area contributed by atoms with Crippen LogP contribution < -0.4 is 5.32 Å². The fourth-order valence-electron chi connectivity index (χ4n) is 2.15. The number of hydrogen-bond acceptors (Lipinski definition) is 6. The monoisotopic (exact) mass is 384 g/mol. The minimum atomic E-state index is -4.68. The van der Waals surface area contributed by atoms with Crippen molar-refractivity contribution in [3.63, 3.8) is 0 Å². The summed E-state index contributed by atoms with van der Waals surface area (Å²) in [6, 6.07) is 3.89. The van der Waals surface area contributed by atoms with Crippen LogP contribution in [0.25, 0.3) is 0 Å². The number of aromatic nitrogens is 2. The first-order valence-corrected chi connectivity index (χ1v) is 8.43. The molecule has 6 nitrogen and oxygen atoms in total. The number of pyridine rings is 1. The van der Waals surface area contributed by atoms with Crippen molar-refractivity contribution < 1.29 is 22.5 Å². The second-order valence-electron chi connectivity index (χ2n) is 5.43. The number of halogens is 3. The van der Waals surface area contributed by atoms with E-state index in [0.717, 1.165) is 17.8 Å². The standard InChI is InChI=1S/C16H15F3N4O2S/c1-4-12(14(24)22-13-6-9(3)25-23-13)26-15-10(7-20)11(16(17,18)19)5-8(2)21-15/h5-6,12H,4H2,1-3H3,(H,22,23,24)/t12-/m1/s1. The number of rotatable bonds is 5. The second kappa shape index (κ2) is 7.78. The van der Waals surface area contributed by atoms with Crippen LogP contribution in [0.4, 0.5) is 19.0 Å². The van der Waals surface area contributed by atoms with Gasteiger partial charge in [0.2, 0.25) is 5.91 Å². The topological polar surface area (TPSA) is 91.8 Å². The van der Waals surface area contributed by atoms with Gasteiger partial charge in [-0.1, -0.05) is 23.8 Å². The predicted molar refractivity (Wildman–Crippen MR) is 88.5 cm³/mol. The van der Waals surface area contributed by atoms with Gasteiger partial charge in [-0.15, -0.1) is 0 Å². The zero-order valence-electron chi connectivity index (χ0n) is 14.1.